The van der Waals surface area contributed by atoms with Gasteiger partial charge < -0.3 is 15.4 Å². The summed E-state index contributed by atoms with van der Waals surface area (Å²) in [4.78, 5) is 10.00. The van der Waals surface area contributed by atoms with Crippen LogP contribution in [0, 0.1) is 6.92 Å². The van der Waals surface area contributed by atoms with Gasteiger partial charge in [-0.3, -0.25) is 0 Å². The molecular formula is C17H22F2N4OS. The van der Waals surface area contributed by atoms with Gasteiger partial charge in [0.25, 0.3) is 0 Å². The summed E-state index contributed by atoms with van der Waals surface area (Å²) in [5.74, 6) is 0.816. The summed E-state index contributed by atoms with van der Waals surface area (Å²) in [6.45, 7) is 3.01. The Labute approximate surface area is 150 Å². The lowest BCUT2D eigenvalue weighted by Crippen LogP contribution is -2.38. The number of benzene rings is 1. The van der Waals surface area contributed by atoms with Gasteiger partial charge >= 0.3 is 6.61 Å². The topological polar surface area (TPSA) is 58.5 Å². The monoisotopic (exact) mass is 368 g/mol. The zero-order valence-electron chi connectivity index (χ0n) is 14.3. The van der Waals surface area contributed by atoms with Gasteiger partial charge in [-0.05, 0) is 31.5 Å². The van der Waals surface area contributed by atoms with Gasteiger partial charge in [0.05, 0.1) is 11.6 Å². The molecule has 0 saturated carbocycles. The van der Waals surface area contributed by atoms with Crippen molar-refractivity contribution in [1.82, 2.24) is 15.6 Å². The predicted octanol–water partition coefficient (Wildman–Crippen LogP) is 3.35. The van der Waals surface area contributed by atoms with Crippen molar-refractivity contribution < 1.29 is 13.5 Å². The van der Waals surface area contributed by atoms with Gasteiger partial charge in [-0.2, -0.15) is 8.78 Å². The Bertz CT molecular complexity index is 691. The molecule has 0 aliphatic heterocycles. The fourth-order valence-electron chi connectivity index (χ4n) is 2.14. The van der Waals surface area contributed by atoms with Crippen LogP contribution in [0.15, 0.2) is 35.5 Å². The van der Waals surface area contributed by atoms with Crippen molar-refractivity contribution in [3.63, 3.8) is 0 Å². The molecule has 1 heterocycles. The average Bonchev–Trinajstić information content (AvgIpc) is 2.98. The van der Waals surface area contributed by atoms with Crippen molar-refractivity contribution in [2.24, 2.45) is 4.99 Å². The first-order valence-corrected chi connectivity index (χ1v) is 8.85. The second-order valence-corrected chi connectivity index (χ2v) is 6.58. The summed E-state index contributed by atoms with van der Waals surface area (Å²) in [7, 11) is 0. The molecule has 8 heteroatoms. The number of rotatable bonds is 8. The molecular weight excluding hydrogens is 346 g/mol. The van der Waals surface area contributed by atoms with Gasteiger partial charge in [0.15, 0.2) is 5.96 Å². The maximum Gasteiger partial charge on any atom is 0.387 e. The second-order valence-electron chi connectivity index (χ2n) is 5.26. The van der Waals surface area contributed by atoms with E-state index >= 15 is 0 Å². The first-order valence-electron chi connectivity index (χ1n) is 8.04. The maximum atomic E-state index is 12.3. The number of aliphatic imine (C=N–C) groups is 1. The molecule has 0 unspecified atom stereocenters. The Morgan fingerprint density at radius 2 is 2.20 bits per heavy atom. The maximum absolute atomic E-state index is 12.3. The van der Waals surface area contributed by atoms with Gasteiger partial charge in [-0.15, -0.1) is 11.3 Å². The molecule has 0 fully saturated rings. The first kappa shape index (κ1) is 19.1. The van der Waals surface area contributed by atoms with E-state index in [0.717, 1.165) is 23.5 Å². The third-order valence-electron chi connectivity index (χ3n) is 3.19. The normalized spacial score (nSPS) is 11.6. The number of alkyl halides is 2. The van der Waals surface area contributed by atoms with Crippen LogP contribution in [0.5, 0.6) is 5.75 Å². The number of hydrogen-bond donors (Lipinski definition) is 2. The van der Waals surface area contributed by atoms with E-state index in [2.05, 4.69) is 25.3 Å². The number of nitrogens with one attached hydrogen (secondary N) is 2. The number of halogens is 2. The number of hydrogen-bond acceptors (Lipinski definition) is 4. The Morgan fingerprint density at radius 3 is 2.88 bits per heavy atom. The zero-order valence-corrected chi connectivity index (χ0v) is 15.1. The van der Waals surface area contributed by atoms with Crippen molar-refractivity contribution in [1.29, 1.82) is 0 Å². The van der Waals surface area contributed by atoms with E-state index in [1.165, 1.54) is 10.9 Å². The lowest BCUT2D eigenvalue weighted by atomic mass is 10.2. The van der Waals surface area contributed by atoms with Crippen LogP contribution >= 0.6 is 11.3 Å². The molecule has 1 aromatic carbocycles. The quantitative estimate of drug-likeness (QED) is 0.554. The second kappa shape index (κ2) is 9.93. The molecule has 0 aliphatic rings. The van der Waals surface area contributed by atoms with Crippen LogP contribution in [0.2, 0.25) is 0 Å². The van der Waals surface area contributed by atoms with Crippen LogP contribution in [-0.2, 0) is 13.0 Å². The molecule has 2 rings (SSSR count). The Kier molecular flexibility index (Phi) is 7.59. The molecule has 0 saturated heterocycles. The predicted molar refractivity (Wildman–Crippen MR) is 96.4 cm³/mol. The molecule has 0 amide bonds. The van der Waals surface area contributed by atoms with E-state index in [1.54, 1.807) is 23.5 Å². The Hall–Kier alpha value is -2.22. The molecule has 0 spiro atoms. The lowest BCUT2D eigenvalue weighted by molar-refractivity contribution is -0.0498. The summed E-state index contributed by atoms with van der Waals surface area (Å²) in [5, 5.41) is 7.49. The minimum Gasteiger partial charge on any atom is -0.435 e. The van der Waals surface area contributed by atoms with Crippen molar-refractivity contribution in [2.75, 3.05) is 13.1 Å². The molecule has 0 bridgehead atoms. The number of aryl methyl sites for hydroxylation is 1. The highest BCUT2D eigenvalue weighted by Gasteiger charge is 2.05. The van der Waals surface area contributed by atoms with Crippen LogP contribution in [0.25, 0.3) is 0 Å². The third kappa shape index (κ3) is 7.04. The number of nitrogens with zero attached hydrogens (tertiary/aromatic N) is 2. The largest absolute Gasteiger partial charge is 0.435 e. The molecule has 0 aliphatic carbocycles. The average molecular weight is 368 g/mol. The van der Waals surface area contributed by atoms with Crippen LogP contribution in [0.1, 0.15) is 22.4 Å². The van der Waals surface area contributed by atoms with E-state index in [-0.39, 0.29) is 5.75 Å². The van der Waals surface area contributed by atoms with Crippen LogP contribution in [0.3, 0.4) is 0 Å². The van der Waals surface area contributed by atoms with E-state index in [1.807, 2.05) is 26.1 Å². The van der Waals surface area contributed by atoms with Gasteiger partial charge in [-0.25, -0.2) is 9.98 Å². The highest BCUT2D eigenvalue weighted by molar-refractivity contribution is 7.11. The molecule has 5 nitrogen and oxygen atoms in total. The van der Waals surface area contributed by atoms with Crippen LogP contribution < -0.4 is 15.4 Å². The molecule has 0 radical (unpaired) electrons. The number of ether oxygens (including phenoxy) is 1. The smallest absolute Gasteiger partial charge is 0.387 e. The van der Waals surface area contributed by atoms with Gasteiger partial charge in [-0.1, -0.05) is 12.1 Å². The fraction of sp³-hybridized carbons (Fsp3) is 0.412. The number of aromatic nitrogens is 1. The van der Waals surface area contributed by atoms with Crippen molar-refractivity contribution in [3.05, 3.63) is 45.9 Å². The van der Waals surface area contributed by atoms with Gasteiger partial charge in [0.2, 0.25) is 0 Å². The van der Waals surface area contributed by atoms with Gasteiger partial charge in [0.1, 0.15) is 5.75 Å². The minimum atomic E-state index is -2.83. The first-order chi connectivity index (χ1) is 12.1. The minimum absolute atomic E-state index is 0.139. The number of guanidine groups is 1. The van der Waals surface area contributed by atoms with Crippen LogP contribution in [-0.4, -0.2) is 30.6 Å². The van der Waals surface area contributed by atoms with Crippen molar-refractivity contribution >= 4 is 17.3 Å². The SMILES string of the molecule is CCNC(=NCc1cccc(OC(F)F)c1)NCCc1ncc(C)s1. The Morgan fingerprint density at radius 1 is 1.36 bits per heavy atom. The summed E-state index contributed by atoms with van der Waals surface area (Å²) in [5.41, 5.74) is 0.797. The van der Waals surface area contributed by atoms with E-state index < -0.39 is 6.61 Å². The van der Waals surface area contributed by atoms with Crippen molar-refractivity contribution in [2.45, 2.75) is 33.4 Å². The fourth-order valence-corrected chi connectivity index (χ4v) is 2.92. The molecule has 136 valence electrons. The third-order valence-corrected chi connectivity index (χ3v) is 4.16. The van der Waals surface area contributed by atoms with E-state index in [9.17, 15) is 8.78 Å². The molecule has 2 N–H and O–H groups in total. The highest BCUT2D eigenvalue weighted by atomic mass is 32.1. The summed E-state index contributed by atoms with van der Waals surface area (Å²) in [6, 6.07) is 6.56. The highest BCUT2D eigenvalue weighted by Crippen LogP contribution is 2.16. The summed E-state index contributed by atoms with van der Waals surface area (Å²) in [6.07, 6.45) is 2.69. The molecule has 25 heavy (non-hydrogen) atoms. The molecule has 0 atom stereocenters. The summed E-state index contributed by atoms with van der Waals surface area (Å²) < 4.78 is 29.0. The molecule has 2 aromatic rings. The van der Waals surface area contributed by atoms with E-state index in [4.69, 9.17) is 0 Å². The standard InChI is InChI=1S/C17H22F2N4OS/c1-3-20-17(21-8-7-15-22-10-12(2)25-15)23-11-13-5-4-6-14(9-13)24-16(18)19/h4-6,9-10,16H,3,7-8,11H2,1-2H3,(H2,20,21,23). The molecule has 1 aromatic heterocycles. The van der Waals surface area contributed by atoms with Crippen molar-refractivity contribution in [3.8, 4) is 5.75 Å². The number of thiazole rings is 1. The van der Waals surface area contributed by atoms with E-state index in [0.29, 0.717) is 19.0 Å². The zero-order chi connectivity index (χ0) is 18.1. The lowest BCUT2D eigenvalue weighted by Gasteiger charge is -2.11. The van der Waals surface area contributed by atoms with Gasteiger partial charge in [0, 0.05) is 30.6 Å². The Balaban J connectivity index is 1.89. The van der Waals surface area contributed by atoms with Crippen LogP contribution in [0.4, 0.5) is 8.78 Å². The summed E-state index contributed by atoms with van der Waals surface area (Å²) >= 11 is 1.68.